The van der Waals surface area contributed by atoms with Gasteiger partial charge < -0.3 is 0 Å². The highest BCUT2D eigenvalue weighted by Crippen LogP contribution is 2.10. The van der Waals surface area contributed by atoms with Crippen LogP contribution in [0.25, 0.3) is 0 Å². The SMILES string of the molecule is CCCCCCC/C=C(/C)Cc1ccccc1. The molecule has 0 aliphatic heterocycles. The first-order chi connectivity index (χ1) is 8.33. The van der Waals surface area contributed by atoms with E-state index in [0.717, 1.165) is 6.42 Å². The average molecular weight is 230 g/mol. The number of unbranched alkanes of at least 4 members (excludes halogenated alkanes) is 5. The van der Waals surface area contributed by atoms with Gasteiger partial charge in [0.2, 0.25) is 0 Å². The van der Waals surface area contributed by atoms with E-state index in [1.54, 1.807) is 0 Å². The summed E-state index contributed by atoms with van der Waals surface area (Å²) in [6, 6.07) is 10.7. The fourth-order valence-electron chi connectivity index (χ4n) is 2.09. The summed E-state index contributed by atoms with van der Waals surface area (Å²) in [6.07, 6.45) is 11.7. The van der Waals surface area contributed by atoms with Crippen LogP contribution < -0.4 is 0 Å². The van der Waals surface area contributed by atoms with E-state index in [9.17, 15) is 0 Å². The Bertz CT molecular complexity index is 308. The maximum Gasteiger partial charge on any atom is -0.00699 e. The average Bonchev–Trinajstić information content (AvgIpc) is 2.35. The molecule has 0 radical (unpaired) electrons. The van der Waals surface area contributed by atoms with Crippen molar-refractivity contribution in [2.24, 2.45) is 0 Å². The normalized spacial score (nSPS) is 11.8. The Hall–Kier alpha value is -1.04. The lowest BCUT2D eigenvalue weighted by Gasteiger charge is -2.02. The van der Waals surface area contributed by atoms with E-state index in [-0.39, 0.29) is 0 Å². The Balaban J connectivity index is 2.17. The minimum Gasteiger partial charge on any atom is -0.0853 e. The molecular formula is C17H26. The van der Waals surface area contributed by atoms with Crippen LogP contribution in [-0.4, -0.2) is 0 Å². The van der Waals surface area contributed by atoms with Crippen molar-refractivity contribution in [3.05, 3.63) is 47.5 Å². The molecule has 0 fully saturated rings. The van der Waals surface area contributed by atoms with E-state index in [1.807, 2.05) is 0 Å². The highest BCUT2D eigenvalue weighted by molar-refractivity contribution is 5.20. The summed E-state index contributed by atoms with van der Waals surface area (Å²) in [5.74, 6) is 0. The van der Waals surface area contributed by atoms with Gasteiger partial charge in [-0.3, -0.25) is 0 Å². The number of hydrogen-bond donors (Lipinski definition) is 0. The van der Waals surface area contributed by atoms with Crippen LogP contribution in [0.15, 0.2) is 42.0 Å². The van der Waals surface area contributed by atoms with E-state index in [4.69, 9.17) is 0 Å². The third-order valence-corrected chi connectivity index (χ3v) is 3.13. The van der Waals surface area contributed by atoms with Gasteiger partial charge in [0.1, 0.15) is 0 Å². The molecule has 1 aromatic carbocycles. The predicted molar refractivity (Wildman–Crippen MR) is 77.3 cm³/mol. The zero-order chi connectivity index (χ0) is 12.3. The summed E-state index contributed by atoms with van der Waals surface area (Å²) >= 11 is 0. The van der Waals surface area contributed by atoms with Gasteiger partial charge in [-0.2, -0.15) is 0 Å². The Kier molecular flexibility index (Phi) is 7.46. The molecule has 0 atom stereocenters. The van der Waals surface area contributed by atoms with Crippen molar-refractivity contribution < 1.29 is 0 Å². The zero-order valence-electron chi connectivity index (χ0n) is 11.4. The van der Waals surface area contributed by atoms with Crippen molar-refractivity contribution in [1.29, 1.82) is 0 Å². The first-order valence-electron chi connectivity index (χ1n) is 7.02. The van der Waals surface area contributed by atoms with Crippen LogP contribution in [-0.2, 0) is 6.42 Å². The monoisotopic (exact) mass is 230 g/mol. The number of hydrogen-bond acceptors (Lipinski definition) is 0. The lowest BCUT2D eigenvalue weighted by atomic mass is 10.0. The van der Waals surface area contributed by atoms with E-state index in [2.05, 4.69) is 50.3 Å². The van der Waals surface area contributed by atoms with Crippen LogP contribution in [0, 0.1) is 0 Å². The highest BCUT2D eigenvalue weighted by atomic mass is 14.0. The van der Waals surface area contributed by atoms with E-state index < -0.39 is 0 Å². The van der Waals surface area contributed by atoms with Gasteiger partial charge in [0, 0.05) is 0 Å². The molecule has 1 rings (SSSR count). The third-order valence-electron chi connectivity index (χ3n) is 3.13. The van der Waals surface area contributed by atoms with Gasteiger partial charge in [0.15, 0.2) is 0 Å². The molecule has 0 saturated carbocycles. The standard InChI is InChI=1S/C17H26/c1-3-4-5-6-7-9-12-16(2)15-17-13-10-8-11-14-17/h8,10-14H,3-7,9,15H2,1-2H3/b16-12-. The fraction of sp³-hybridized carbons (Fsp3) is 0.529. The van der Waals surface area contributed by atoms with Gasteiger partial charge >= 0.3 is 0 Å². The Morgan fingerprint density at radius 1 is 1.00 bits per heavy atom. The quantitative estimate of drug-likeness (QED) is 0.406. The molecular weight excluding hydrogens is 204 g/mol. The Morgan fingerprint density at radius 2 is 1.71 bits per heavy atom. The van der Waals surface area contributed by atoms with E-state index in [1.165, 1.54) is 49.7 Å². The fourth-order valence-corrected chi connectivity index (χ4v) is 2.09. The second-order valence-corrected chi connectivity index (χ2v) is 4.92. The summed E-state index contributed by atoms with van der Waals surface area (Å²) in [4.78, 5) is 0. The van der Waals surface area contributed by atoms with Gasteiger partial charge in [-0.05, 0) is 31.7 Å². The number of allylic oxidation sites excluding steroid dienone is 2. The molecule has 0 nitrogen and oxygen atoms in total. The summed E-state index contributed by atoms with van der Waals surface area (Å²) in [6.45, 7) is 4.52. The largest absolute Gasteiger partial charge is 0.0853 e. The molecule has 0 aromatic heterocycles. The lowest BCUT2D eigenvalue weighted by molar-refractivity contribution is 0.636. The molecule has 0 spiro atoms. The lowest BCUT2D eigenvalue weighted by Crippen LogP contribution is -1.86. The van der Waals surface area contributed by atoms with Crippen molar-refractivity contribution in [2.45, 2.75) is 58.8 Å². The van der Waals surface area contributed by atoms with Gasteiger partial charge in [0.05, 0.1) is 0 Å². The minimum absolute atomic E-state index is 1.11. The molecule has 0 aliphatic carbocycles. The Labute approximate surface area is 107 Å². The zero-order valence-corrected chi connectivity index (χ0v) is 11.4. The molecule has 0 heterocycles. The summed E-state index contributed by atoms with van der Waals surface area (Å²) in [5, 5.41) is 0. The summed E-state index contributed by atoms with van der Waals surface area (Å²) < 4.78 is 0. The van der Waals surface area contributed by atoms with Crippen LogP contribution in [0.1, 0.15) is 57.9 Å². The van der Waals surface area contributed by atoms with Gasteiger partial charge in [-0.25, -0.2) is 0 Å². The first-order valence-corrected chi connectivity index (χ1v) is 7.02. The van der Waals surface area contributed by atoms with E-state index in [0.29, 0.717) is 0 Å². The second kappa shape index (κ2) is 9.04. The minimum atomic E-state index is 1.11. The van der Waals surface area contributed by atoms with Crippen molar-refractivity contribution in [1.82, 2.24) is 0 Å². The molecule has 94 valence electrons. The first kappa shape index (κ1) is 14.0. The van der Waals surface area contributed by atoms with Gasteiger partial charge in [0.25, 0.3) is 0 Å². The third kappa shape index (κ3) is 6.99. The molecule has 1 aromatic rings. The summed E-state index contributed by atoms with van der Waals surface area (Å²) in [5.41, 5.74) is 2.93. The topological polar surface area (TPSA) is 0 Å². The molecule has 0 saturated heterocycles. The van der Waals surface area contributed by atoms with Crippen LogP contribution in [0.3, 0.4) is 0 Å². The van der Waals surface area contributed by atoms with E-state index >= 15 is 0 Å². The smallest absolute Gasteiger partial charge is 0.00699 e. The van der Waals surface area contributed by atoms with Crippen LogP contribution in [0.4, 0.5) is 0 Å². The molecule has 17 heavy (non-hydrogen) atoms. The molecule has 0 heteroatoms. The summed E-state index contributed by atoms with van der Waals surface area (Å²) in [7, 11) is 0. The molecule has 0 N–H and O–H groups in total. The van der Waals surface area contributed by atoms with Crippen molar-refractivity contribution in [3.8, 4) is 0 Å². The maximum atomic E-state index is 2.42. The van der Waals surface area contributed by atoms with Crippen LogP contribution in [0.5, 0.6) is 0 Å². The van der Waals surface area contributed by atoms with Crippen LogP contribution in [0.2, 0.25) is 0 Å². The maximum absolute atomic E-state index is 2.42. The molecule has 0 amide bonds. The van der Waals surface area contributed by atoms with Crippen molar-refractivity contribution in [2.75, 3.05) is 0 Å². The van der Waals surface area contributed by atoms with Crippen LogP contribution >= 0.6 is 0 Å². The molecule has 0 aliphatic rings. The number of benzene rings is 1. The second-order valence-electron chi connectivity index (χ2n) is 4.92. The predicted octanol–water partition coefficient (Wildman–Crippen LogP) is 5.54. The highest BCUT2D eigenvalue weighted by Gasteiger charge is 1.93. The van der Waals surface area contributed by atoms with Gasteiger partial charge in [-0.15, -0.1) is 0 Å². The number of rotatable bonds is 8. The Morgan fingerprint density at radius 3 is 2.41 bits per heavy atom. The van der Waals surface area contributed by atoms with Crippen molar-refractivity contribution in [3.63, 3.8) is 0 Å². The van der Waals surface area contributed by atoms with Gasteiger partial charge in [-0.1, -0.05) is 74.6 Å². The van der Waals surface area contributed by atoms with Crippen molar-refractivity contribution >= 4 is 0 Å². The molecule has 0 unspecified atom stereocenters. The molecule has 0 bridgehead atoms.